The van der Waals surface area contributed by atoms with E-state index in [4.69, 9.17) is 4.18 Å². The lowest BCUT2D eigenvalue weighted by atomic mass is 10.1. The molecule has 0 radical (unpaired) electrons. The van der Waals surface area contributed by atoms with Gasteiger partial charge in [-0.05, 0) is 58.9 Å². The van der Waals surface area contributed by atoms with E-state index in [2.05, 4.69) is 10.3 Å². The number of hydrogen-bond donors (Lipinski definition) is 1. The molecule has 1 fully saturated rings. The van der Waals surface area contributed by atoms with E-state index in [-0.39, 0.29) is 16.6 Å². The van der Waals surface area contributed by atoms with Crippen molar-refractivity contribution in [3.63, 3.8) is 0 Å². The fourth-order valence-electron chi connectivity index (χ4n) is 3.41. The number of benzene rings is 4. The van der Waals surface area contributed by atoms with Crippen molar-refractivity contribution >= 4 is 55.5 Å². The fraction of sp³-hybridized carbons (Fsp3) is 0. The monoisotopic (exact) mass is 486 g/mol. The van der Waals surface area contributed by atoms with E-state index in [1.165, 1.54) is 17.8 Å². The number of carbonyl (C=O) groups excluding carboxylic acids is 1. The number of para-hydroxylation sites is 2. The summed E-state index contributed by atoms with van der Waals surface area (Å²) in [6.45, 7) is 0. The lowest BCUT2D eigenvalue weighted by Crippen LogP contribution is -2.19. The maximum Gasteiger partial charge on any atom is 0.339 e. The Kier molecular flexibility index (Phi) is 5.91. The molecule has 8 heteroatoms. The highest BCUT2D eigenvalue weighted by Gasteiger charge is 2.25. The molecule has 1 N–H and O–H groups in total. The van der Waals surface area contributed by atoms with E-state index in [1.54, 1.807) is 42.5 Å². The van der Waals surface area contributed by atoms with Crippen LogP contribution < -0.4 is 9.50 Å². The second-order valence-electron chi connectivity index (χ2n) is 7.40. The molecule has 0 atom stereocenters. The highest BCUT2D eigenvalue weighted by atomic mass is 32.2. The van der Waals surface area contributed by atoms with Crippen molar-refractivity contribution in [1.29, 1.82) is 0 Å². The second-order valence-corrected chi connectivity index (χ2v) is 9.98. The molecule has 0 saturated carbocycles. The predicted molar refractivity (Wildman–Crippen MR) is 135 cm³/mol. The van der Waals surface area contributed by atoms with Crippen LogP contribution in [0.2, 0.25) is 0 Å². The third-order valence-electron chi connectivity index (χ3n) is 5.05. The minimum atomic E-state index is -4.09. The molecule has 0 aromatic heterocycles. The van der Waals surface area contributed by atoms with Crippen LogP contribution in [0, 0.1) is 0 Å². The minimum Gasteiger partial charge on any atom is -0.378 e. The van der Waals surface area contributed by atoms with Gasteiger partial charge in [0.25, 0.3) is 5.91 Å². The van der Waals surface area contributed by atoms with Crippen LogP contribution in [0.1, 0.15) is 5.56 Å². The summed E-state index contributed by atoms with van der Waals surface area (Å²) in [4.78, 5) is 17.3. The summed E-state index contributed by atoms with van der Waals surface area (Å²) in [6, 6.07) is 28.3. The lowest BCUT2D eigenvalue weighted by molar-refractivity contribution is -0.115. The van der Waals surface area contributed by atoms with E-state index in [1.807, 2.05) is 54.6 Å². The Hall–Kier alpha value is -3.88. The summed E-state index contributed by atoms with van der Waals surface area (Å²) in [6.07, 6.45) is 1.60. The molecular weight excluding hydrogens is 468 g/mol. The first-order chi connectivity index (χ1) is 16.5. The SMILES string of the molecule is O=C1NC(=Nc2ccccc2)S/C1=C\c1ccccc1OS(=O)(=O)c1ccc2ccccc2c1. The zero-order valence-electron chi connectivity index (χ0n) is 17.7. The minimum absolute atomic E-state index is 0.0546. The standard InChI is InChI=1S/C26H18N2O4S2/c29-25-24(33-26(28-25)27-21-11-2-1-3-12-21)17-20-10-6-7-13-23(20)32-34(30,31)22-15-14-18-8-4-5-9-19(18)16-22/h1-17H,(H,27,28,29)/b24-17-. The van der Waals surface area contributed by atoms with Crippen LogP contribution in [-0.4, -0.2) is 19.5 Å². The summed E-state index contributed by atoms with van der Waals surface area (Å²) in [5.74, 6) is -0.183. The number of nitrogens with zero attached hydrogens (tertiary/aromatic N) is 1. The Morgan fingerprint density at radius 3 is 2.35 bits per heavy atom. The molecule has 0 spiro atoms. The molecule has 1 amide bonds. The third-order valence-corrected chi connectivity index (χ3v) is 7.19. The molecule has 6 nitrogen and oxygen atoms in total. The Labute approximate surface area is 201 Å². The fourth-order valence-corrected chi connectivity index (χ4v) is 5.23. The van der Waals surface area contributed by atoms with Gasteiger partial charge in [-0.15, -0.1) is 0 Å². The Morgan fingerprint density at radius 2 is 1.53 bits per heavy atom. The van der Waals surface area contributed by atoms with Crippen LogP contribution in [0.25, 0.3) is 16.8 Å². The van der Waals surface area contributed by atoms with E-state index in [0.29, 0.717) is 15.6 Å². The van der Waals surface area contributed by atoms with Crippen LogP contribution >= 0.6 is 11.8 Å². The molecule has 4 aromatic carbocycles. The quantitative estimate of drug-likeness (QED) is 0.297. The number of nitrogens with one attached hydrogen (secondary N) is 1. The first-order valence-electron chi connectivity index (χ1n) is 10.3. The van der Waals surface area contributed by atoms with Gasteiger partial charge in [0.1, 0.15) is 10.6 Å². The molecule has 1 aliphatic heterocycles. The number of fused-ring (bicyclic) bond motifs is 1. The first-order valence-corrected chi connectivity index (χ1v) is 12.6. The van der Waals surface area contributed by atoms with Gasteiger partial charge in [-0.3, -0.25) is 4.79 Å². The number of carbonyl (C=O) groups is 1. The summed E-state index contributed by atoms with van der Waals surface area (Å²) in [5.41, 5.74) is 1.18. The Balaban J connectivity index is 1.43. The van der Waals surface area contributed by atoms with Gasteiger partial charge in [0.2, 0.25) is 0 Å². The summed E-state index contributed by atoms with van der Waals surface area (Å²) >= 11 is 1.18. The number of aliphatic imine (C=N–C) groups is 1. The molecule has 0 unspecified atom stereocenters. The van der Waals surface area contributed by atoms with Gasteiger partial charge < -0.3 is 9.50 Å². The number of thioether (sulfide) groups is 1. The average molecular weight is 487 g/mol. The normalized spacial score (nSPS) is 16.2. The van der Waals surface area contributed by atoms with E-state index >= 15 is 0 Å². The lowest BCUT2D eigenvalue weighted by Gasteiger charge is -2.10. The van der Waals surface area contributed by atoms with Gasteiger partial charge >= 0.3 is 10.1 Å². The molecule has 0 bridgehead atoms. The van der Waals surface area contributed by atoms with Gasteiger partial charge in [-0.2, -0.15) is 8.42 Å². The number of amides is 1. The van der Waals surface area contributed by atoms with Crippen molar-refractivity contribution in [2.75, 3.05) is 0 Å². The molecule has 5 rings (SSSR count). The topological polar surface area (TPSA) is 84.8 Å². The van der Waals surface area contributed by atoms with Crippen LogP contribution in [-0.2, 0) is 14.9 Å². The zero-order valence-corrected chi connectivity index (χ0v) is 19.3. The predicted octanol–water partition coefficient (Wildman–Crippen LogP) is 5.50. The highest BCUT2D eigenvalue weighted by Crippen LogP contribution is 2.32. The van der Waals surface area contributed by atoms with Crippen molar-refractivity contribution in [1.82, 2.24) is 5.32 Å². The molecule has 4 aromatic rings. The Morgan fingerprint density at radius 1 is 0.824 bits per heavy atom. The van der Waals surface area contributed by atoms with Crippen LogP contribution in [0.5, 0.6) is 5.75 Å². The van der Waals surface area contributed by atoms with Crippen molar-refractivity contribution in [3.05, 3.63) is 108 Å². The maximum atomic E-state index is 13.0. The summed E-state index contributed by atoms with van der Waals surface area (Å²) in [7, 11) is -4.09. The van der Waals surface area contributed by atoms with E-state index < -0.39 is 10.1 Å². The van der Waals surface area contributed by atoms with Gasteiger partial charge in [0.15, 0.2) is 5.17 Å². The van der Waals surface area contributed by atoms with E-state index in [9.17, 15) is 13.2 Å². The molecular formula is C26H18N2O4S2. The molecule has 168 valence electrons. The molecule has 1 saturated heterocycles. The molecule has 1 heterocycles. The first kappa shape index (κ1) is 21.9. The summed E-state index contributed by atoms with van der Waals surface area (Å²) in [5, 5.41) is 4.91. The largest absolute Gasteiger partial charge is 0.378 e. The number of hydrogen-bond acceptors (Lipinski definition) is 6. The zero-order chi connectivity index (χ0) is 23.5. The van der Waals surface area contributed by atoms with Gasteiger partial charge in [0, 0.05) is 5.56 Å². The smallest absolute Gasteiger partial charge is 0.339 e. The maximum absolute atomic E-state index is 13.0. The number of rotatable bonds is 5. The number of amidine groups is 1. The van der Waals surface area contributed by atoms with Crippen molar-refractivity contribution < 1.29 is 17.4 Å². The van der Waals surface area contributed by atoms with Crippen molar-refractivity contribution in [2.45, 2.75) is 4.90 Å². The molecule has 0 aliphatic carbocycles. The highest BCUT2D eigenvalue weighted by molar-refractivity contribution is 8.18. The van der Waals surface area contributed by atoms with Gasteiger partial charge in [0.05, 0.1) is 10.6 Å². The van der Waals surface area contributed by atoms with Crippen molar-refractivity contribution in [3.8, 4) is 5.75 Å². The van der Waals surface area contributed by atoms with Crippen LogP contribution in [0.15, 0.2) is 112 Å². The van der Waals surface area contributed by atoms with Crippen molar-refractivity contribution in [2.24, 2.45) is 4.99 Å². The molecule has 34 heavy (non-hydrogen) atoms. The van der Waals surface area contributed by atoms with Crippen LogP contribution in [0.4, 0.5) is 5.69 Å². The third kappa shape index (κ3) is 4.73. The Bertz CT molecular complexity index is 1560. The van der Waals surface area contributed by atoms with Gasteiger partial charge in [-0.1, -0.05) is 66.7 Å². The average Bonchev–Trinajstić information content (AvgIpc) is 3.18. The summed E-state index contributed by atoms with van der Waals surface area (Å²) < 4.78 is 31.5. The van der Waals surface area contributed by atoms with Crippen LogP contribution in [0.3, 0.4) is 0 Å². The van der Waals surface area contributed by atoms with Gasteiger partial charge in [-0.25, -0.2) is 4.99 Å². The van der Waals surface area contributed by atoms with E-state index in [0.717, 1.165) is 16.5 Å². The molecule has 1 aliphatic rings. The second kappa shape index (κ2) is 9.17.